The van der Waals surface area contributed by atoms with Gasteiger partial charge in [-0.15, -0.1) is 0 Å². The molecule has 2 N–H and O–H groups in total. The number of morpholine rings is 1. The number of fused-ring (bicyclic) bond motifs is 1. The highest BCUT2D eigenvalue weighted by molar-refractivity contribution is 5.99. The summed E-state index contributed by atoms with van der Waals surface area (Å²) >= 11 is 0. The number of nitrogen functional groups attached to an aromatic ring is 1. The van der Waals surface area contributed by atoms with Crippen LogP contribution < -0.4 is 5.73 Å². The first kappa shape index (κ1) is 11.9. The second-order valence-corrected chi connectivity index (χ2v) is 4.52. The molecule has 2 heterocycles. The largest absolute Gasteiger partial charge is 0.398 e. The summed E-state index contributed by atoms with van der Waals surface area (Å²) in [6.45, 7) is 2.37. The number of nitrogens with two attached hydrogens (primary N) is 1. The maximum absolute atomic E-state index is 12.3. The van der Waals surface area contributed by atoms with Crippen molar-refractivity contribution >= 4 is 22.5 Å². The van der Waals surface area contributed by atoms with Crippen molar-refractivity contribution in [3.05, 3.63) is 36.0 Å². The SMILES string of the molecule is Nc1cc(C(=O)N2CCOCC2)nc2ccccc12. The number of rotatable bonds is 1. The van der Waals surface area contributed by atoms with Gasteiger partial charge in [0.25, 0.3) is 5.91 Å². The summed E-state index contributed by atoms with van der Waals surface area (Å²) in [6.07, 6.45) is 0. The van der Waals surface area contributed by atoms with Gasteiger partial charge in [-0.1, -0.05) is 18.2 Å². The molecule has 19 heavy (non-hydrogen) atoms. The molecule has 1 aliphatic rings. The van der Waals surface area contributed by atoms with Crippen LogP contribution in [0.15, 0.2) is 30.3 Å². The number of benzene rings is 1. The van der Waals surface area contributed by atoms with Crippen LogP contribution in [0.4, 0.5) is 5.69 Å². The van der Waals surface area contributed by atoms with E-state index in [0.29, 0.717) is 37.7 Å². The van der Waals surface area contributed by atoms with Gasteiger partial charge < -0.3 is 15.4 Å². The van der Waals surface area contributed by atoms with E-state index in [2.05, 4.69) is 4.98 Å². The van der Waals surface area contributed by atoms with E-state index in [9.17, 15) is 4.79 Å². The monoisotopic (exact) mass is 257 g/mol. The molecule has 98 valence electrons. The lowest BCUT2D eigenvalue weighted by Crippen LogP contribution is -2.41. The van der Waals surface area contributed by atoms with E-state index in [1.807, 2.05) is 24.3 Å². The van der Waals surface area contributed by atoms with Crippen LogP contribution in [0.25, 0.3) is 10.9 Å². The fraction of sp³-hybridized carbons (Fsp3) is 0.286. The summed E-state index contributed by atoms with van der Waals surface area (Å²) in [5, 5.41) is 0.876. The third-order valence-electron chi connectivity index (χ3n) is 3.27. The van der Waals surface area contributed by atoms with Gasteiger partial charge in [0, 0.05) is 24.2 Å². The van der Waals surface area contributed by atoms with E-state index in [4.69, 9.17) is 10.5 Å². The Hall–Kier alpha value is -2.14. The van der Waals surface area contributed by atoms with Crippen LogP contribution in [-0.2, 0) is 4.74 Å². The summed E-state index contributed by atoms with van der Waals surface area (Å²) in [5.74, 6) is -0.0826. The summed E-state index contributed by atoms with van der Waals surface area (Å²) in [6, 6.07) is 9.21. The molecule has 3 rings (SSSR count). The quantitative estimate of drug-likeness (QED) is 0.835. The lowest BCUT2D eigenvalue weighted by molar-refractivity contribution is 0.0299. The maximum Gasteiger partial charge on any atom is 0.272 e. The van der Waals surface area contributed by atoms with Crippen LogP contribution in [0.5, 0.6) is 0 Å². The second kappa shape index (κ2) is 4.85. The average Bonchev–Trinajstić information content (AvgIpc) is 2.47. The van der Waals surface area contributed by atoms with E-state index < -0.39 is 0 Å². The number of para-hydroxylation sites is 1. The number of amides is 1. The molecule has 1 aromatic heterocycles. The fourth-order valence-corrected chi connectivity index (χ4v) is 2.24. The number of nitrogens with zero attached hydrogens (tertiary/aromatic N) is 2. The molecule has 0 unspecified atom stereocenters. The number of pyridine rings is 1. The van der Waals surface area contributed by atoms with E-state index in [1.165, 1.54) is 0 Å². The Morgan fingerprint density at radius 2 is 2.00 bits per heavy atom. The first-order valence-electron chi connectivity index (χ1n) is 6.28. The molecule has 0 aliphatic carbocycles. The molecule has 0 spiro atoms. The number of hydrogen-bond donors (Lipinski definition) is 1. The molecule has 5 nitrogen and oxygen atoms in total. The van der Waals surface area contributed by atoms with Gasteiger partial charge in [0.15, 0.2) is 0 Å². The minimum absolute atomic E-state index is 0.0826. The highest BCUT2D eigenvalue weighted by atomic mass is 16.5. The predicted octanol–water partition coefficient (Wildman–Crippen LogP) is 1.29. The maximum atomic E-state index is 12.3. The Kier molecular flexibility index (Phi) is 3.05. The standard InChI is InChI=1S/C14H15N3O2/c15-11-9-13(14(18)17-5-7-19-8-6-17)16-12-4-2-1-3-10(11)12/h1-4,9H,5-8H2,(H2,15,16). The lowest BCUT2D eigenvalue weighted by Gasteiger charge is -2.26. The predicted molar refractivity (Wildman–Crippen MR) is 72.9 cm³/mol. The normalized spacial score (nSPS) is 15.7. The van der Waals surface area contributed by atoms with Gasteiger partial charge in [-0.25, -0.2) is 4.98 Å². The molecule has 2 aromatic rings. The molecule has 1 saturated heterocycles. The molecule has 1 aliphatic heterocycles. The highest BCUT2D eigenvalue weighted by Crippen LogP contribution is 2.21. The molecule has 1 aromatic carbocycles. The van der Waals surface area contributed by atoms with E-state index in [1.54, 1.807) is 11.0 Å². The zero-order valence-corrected chi connectivity index (χ0v) is 10.5. The van der Waals surface area contributed by atoms with Crippen molar-refractivity contribution in [3.8, 4) is 0 Å². The zero-order valence-electron chi connectivity index (χ0n) is 10.5. The van der Waals surface area contributed by atoms with Gasteiger partial charge in [-0.05, 0) is 12.1 Å². The van der Waals surface area contributed by atoms with E-state index in [-0.39, 0.29) is 5.91 Å². The third kappa shape index (κ3) is 2.24. The minimum Gasteiger partial charge on any atom is -0.398 e. The van der Waals surface area contributed by atoms with Gasteiger partial charge >= 0.3 is 0 Å². The van der Waals surface area contributed by atoms with Crippen molar-refractivity contribution in [2.24, 2.45) is 0 Å². The Morgan fingerprint density at radius 3 is 2.79 bits per heavy atom. The van der Waals surface area contributed by atoms with Crippen LogP contribution in [0.3, 0.4) is 0 Å². The van der Waals surface area contributed by atoms with Crippen molar-refractivity contribution in [2.45, 2.75) is 0 Å². The number of hydrogen-bond acceptors (Lipinski definition) is 4. The minimum atomic E-state index is -0.0826. The van der Waals surface area contributed by atoms with Crippen LogP contribution in [-0.4, -0.2) is 42.1 Å². The number of carbonyl (C=O) groups excluding carboxylic acids is 1. The number of ether oxygens (including phenoxy) is 1. The van der Waals surface area contributed by atoms with Gasteiger partial charge in [0.05, 0.1) is 18.7 Å². The van der Waals surface area contributed by atoms with Crippen molar-refractivity contribution in [1.82, 2.24) is 9.88 Å². The van der Waals surface area contributed by atoms with Crippen molar-refractivity contribution < 1.29 is 9.53 Å². The molecule has 0 atom stereocenters. The summed E-state index contributed by atoms with van der Waals surface area (Å²) in [4.78, 5) is 18.5. The highest BCUT2D eigenvalue weighted by Gasteiger charge is 2.20. The number of carbonyl (C=O) groups is 1. The van der Waals surface area contributed by atoms with Crippen LogP contribution in [0, 0.1) is 0 Å². The van der Waals surface area contributed by atoms with Crippen LogP contribution >= 0.6 is 0 Å². The first-order valence-corrected chi connectivity index (χ1v) is 6.28. The van der Waals surface area contributed by atoms with Crippen molar-refractivity contribution in [3.63, 3.8) is 0 Å². The molecular formula is C14H15N3O2. The average molecular weight is 257 g/mol. The molecule has 0 bridgehead atoms. The van der Waals surface area contributed by atoms with Crippen molar-refractivity contribution in [1.29, 1.82) is 0 Å². The van der Waals surface area contributed by atoms with Gasteiger partial charge in [-0.2, -0.15) is 0 Å². The number of aromatic nitrogens is 1. The van der Waals surface area contributed by atoms with Crippen LogP contribution in [0.1, 0.15) is 10.5 Å². The Balaban J connectivity index is 1.98. The third-order valence-corrected chi connectivity index (χ3v) is 3.27. The van der Waals surface area contributed by atoms with Gasteiger partial charge in [-0.3, -0.25) is 4.79 Å². The van der Waals surface area contributed by atoms with E-state index >= 15 is 0 Å². The molecule has 0 saturated carbocycles. The summed E-state index contributed by atoms with van der Waals surface area (Å²) in [7, 11) is 0. The zero-order chi connectivity index (χ0) is 13.2. The molecule has 5 heteroatoms. The number of anilines is 1. The summed E-state index contributed by atoms with van der Waals surface area (Å²) in [5.41, 5.74) is 7.72. The van der Waals surface area contributed by atoms with Crippen molar-refractivity contribution in [2.75, 3.05) is 32.0 Å². The second-order valence-electron chi connectivity index (χ2n) is 4.52. The fourth-order valence-electron chi connectivity index (χ4n) is 2.24. The smallest absolute Gasteiger partial charge is 0.272 e. The van der Waals surface area contributed by atoms with Crippen LogP contribution in [0.2, 0.25) is 0 Å². The van der Waals surface area contributed by atoms with Gasteiger partial charge in [0.1, 0.15) is 5.69 Å². The topological polar surface area (TPSA) is 68.5 Å². The Morgan fingerprint density at radius 1 is 1.26 bits per heavy atom. The van der Waals surface area contributed by atoms with Gasteiger partial charge in [0.2, 0.25) is 0 Å². The molecule has 1 amide bonds. The molecule has 0 radical (unpaired) electrons. The first-order chi connectivity index (χ1) is 9.25. The molecular weight excluding hydrogens is 242 g/mol. The van der Waals surface area contributed by atoms with E-state index in [0.717, 1.165) is 10.9 Å². The summed E-state index contributed by atoms with van der Waals surface area (Å²) < 4.78 is 5.24. The Labute approximate surface area is 111 Å². The lowest BCUT2D eigenvalue weighted by atomic mass is 10.1. The Bertz CT molecular complexity index is 621. The molecule has 1 fully saturated rings.